The Morgan fingerprint density at radius 1 is 1.12 bits per heavy atom. The first-order valence-corrected chi connectivity index (χ1v) is 10.3. The number of nitrogens with zero attached hydrogens (tertiary/aromatic N) is 1. The van der Waals surface area contributed by atoms with Gasteiger partial charge < -0.3 is 5.32 Å². The van der Waals surface area contributed by atoms with E-state index in [9.17, 15) is 4.79 Å². The molecule has 3 nitrogen and oxygen atoms in total. The second-order valence-corrected chi connectivity index (χ2v) is 8.38. The normalized spacial score (nSPS) is 15.5. The Morgan fingerprint density at radius 2 is 1.96 bits per heavy atom. The number of benzene rings is 2. The number of hydrogen-bond acceptors (Lipinski definition) is 4. The van der Waals surface area contributed by atoms with Gasteiger partial charge in [-0.25, -0.2) is 0 Å². The Balaban J connectivity index is 1.32. The summed E-state index contributed by atoms with van der Waals surface area (Å²) in [4.78, 5) is 19.1. The van der Waals surface area contributed by atoms with Gasteiger partial charge in [0.15, 0.2) is 0 Å². The molecule has 130 valence electrons. The Morgan fingerprint density at radius 3 is 2.73 bits per heavy atom. The summed E-state index contributed by atoms with van der Waals surface area (Å²) in [6.45, 7) is 0. The maximum absolute atomic E-state index is 12.5. The third-order valence-corrected chi connectivity index (χ3v) is 6.59. The third kappa shape index (κ3) is 4.11. The number of rotatable bonds is 5. The molecule has 1 aliphatic heterocycles. The Hall–Kier alpha value is -2.24. The van der Waals surface area contributed by atoms with E-state index in [1.54, 1.807) is 29.7 Å². The maximum atomic E-state index is 12.5. The van der Waals surface area contributed by atoms with Gasteiger partial charge in [0.05, 0.1) is 5.25 Å². The fourth-order valence-corrected chi connectivity index (χ4v) is 4.86. The Labute approximate surface area is 161 Å². The van der Waals surface area contributed by atoms with Crippen LogP contribution in [-0.2, 0) is 17.0 Å². The van der Waals surface area contributed by atoms with E-state index in [1.807, 2.05) is 48.7 Å². The average Bonchev–Trinajstić information content (AvgIpc) is 3.13. The first-order chi connectivity index (χ1) is 12.8. The summed E-state index contributed by atoms with van der Waals surface area (Å²) in [5.41, 5.74) is 3.31. The molecule has 3 aromatic rings. The summed E-state index contributed by atoms with van der Waals surface area (Å²) in [7, 11) is 0. The zero-order valence-electron chi connectivity index (χ0n) is 14.1. The molecule has 0 bridgehead atoms. The number of carbonyl (C=O) groups is 1. The van der Waals surface area contributed by atoms with Crippen molar-refractivity contribution < 1.29 is 4.79 Å². The van der Waals surface area contributed by atoms with Gasteiger partial charge in [0.1, 0.15) is 0 Å². The molecule has 1 N–H and O–H groups in total. The van der Waals surface area contributed by atoms with Crippen LogP contribution in [0.2, 0.25) is 0 Å². The van der Waals surface area contributed by atoms with Crippen LogP contribution in [0.25, 0.3) is 0 Å². The summed E-state index contributed by atoms with van der Waals surface area (Å²) >= 11 is 3.41. The second kappa shape index (κ2) is 7.98. The quantitative estimate of drug-likeness (QED) is 0.632. The molecule has 0 radical (unpaired) electrons. The van der Waals surface area contributed by atoms with Crippen LogP contribution in [-0.4, -0.2) is 16.1 Å². The van der Waals surface area contributed by atoms with E-state index in [-0.39, 0.29) is 11.2 Å². The zero-order chi connectivity index (χ0) is 17.8. The lowest BCUT2D eigenvalue weighted by Crippen LogP contribution is -2.24. The van der Waals surface area contributed by atoms with Gasteiger partial charge in [-0.05, 0) is 53.9 Å². The molecule has 4 rings (SSSR count). The number of pyridine rings is 1. The molecule has 2 aromatic carbocycles. The van der Waals surface area contributed by atoms with Crippen LogP contribution < -0.4 is 5.32 Å². The molecule has 0 spiro atoms. The molecular formula is C21H18N2OS2. The van der Waals surface area contributed by atoms with Crippen LogP contribution >= 0.6 is 23.5 Å². The molecule has 26 heavy (non-hydrogen) atoms. The van der Waals surface area contributed by atoms with Gasteiger partial charge in [-0.1, -0.05) is 24.3 Å². The zero-order valence-corrected chi connectivity index (χ0v) is 15.7. The predicted octanol–water partition coefficient (Wildman–Crippen LogP) is 5.03. The number of carbonyl (C=O) groups excluding carboxylic acids is 1. The summed E-state index contributed by atoms with van der Waals surface area (Å²) in [6, 6.07) is 20.3. The minimum Gasteiger partial charge on any atom is -0.325 e. The number of nitrogens with one attached hydrogen (secondary N) is 1. The number of fused-ring (bicyclic) bond motifs is 1. The van der Waals surface area contributed by atoms with E-state index in [4.69, 9.17) is 0 Å². The second-order valence-electron chi connectivity index (χ2n) is 6.08. The largest absolute Gasteiger partial charge is 0.325 e. The van der Waals surface area contributed by atoms with Crippen molar-refractivity contribution in [2.75, 3.05) is 5.32 Å². The predicted molar refractivity (Wildman–Crippen MR) is 109 cm³/mol. The summed E-state index contributed by atoms with van der Waals surface area (Å²) in [5.74, 6) is 0.957. The van der Waals surface area contributed by atoms with Crippen molar-refractivity contribution in [3.8, 4) is 0 Å². The summed E-state index contributed by atoms with van der Waals surface area (Å²) in [5, 5.41) is 2.99. The van der Waals surface area contributed by atoms with Crippen molar-refractivity contribution >= 4 is 35.1 Å². The number of hydrogen-bond donors (Lipinski definition) is 1. The van der Waals surface area contributed by atoms with Crippen LogP contribution in [0.1, 0.15) is 11.1 Å². The lowest BCUT2D eigenvalue weighted by molar-refractivity contribution is -0.115. The first-order valence-electron chi connectivity index (χ1n) is 8.45. The molecule has 0 fully saturated rings. The minimum atomic E-state index is -0.0490. The van der Waals surface area contributed by atoms with Crippen molar-refractivity contribution in [3.05, 3.63) is 84.2 Å². The molecule has 5 heteroatoms. The van der Waals surface area contributed by atoms with Crippen LogP contribution in [0.3, 0.4) is 0 Å². The molecule has 1 unspecified atom stereocenters. The smallest absolute Gasteiger partial charge is 0.238 e. The van der Waals surface area contributed by atoms with Crippen molar-refractivity contribution in [2.24, 2.45) is 0 Å². The lowest BCUT2D eigenvalue weighted by atomic mass is 10.1. The van der Waals surface area contributed by atoms with Crippen molar-refractivity contribution in [1.82, 2.24) is 4.98 Å². The molecule has 2 heterocycles. The molecule has 1 aliphatic rings. The highest BCUT2D eigenvalue weighted by Gasteiger charge is 2.27. The SMILES string of the molecule is O=C(Nc1ccc(SCc2cccnc2)cc1)C1Cc2ccccc2S1. The first kappa shape index (κ1) is 17.2. The van der Waals surface area contributed by atoms with Gasteiger partial charge in [-0.15, -0.1) is 23.5 Å². The van der Waals surface area contributed by atoms with Crippen molar-refractivity contribution in [3.63, 3.8) is 0 Å². The minimum absolute atomic E-state index is 0.0490. The number of anilines is 1. The van der Waals surface area contributed by atoms with Crippen LogP contribution in [0.5, 0.6) is 0 Å². The monoisotopic (exact) mass is 378 g/mol. The van der Waals surface area contributed by atoms with E-state index >= 15 is 0 Å². The van der Waals surface area contributed by atoms with Crippen molar-refractivity contribution in [1.29, 1.82) is 0 Å². The van der Waals surface area contributed by atoms with Gasteiger partial charge in [0.2, 0.25) is 5.91 Å². The van der Waals surface area contributed by atoms with Crippen LogP contribution in [0, 0.1) is 0 Å². The van der Waals surface area contributed by atoms with Gasteiger partial charge >= 0.3 is 0 Å². The van der Waals surface area contributed by atoms with E-state index in [0.717, 1.165) is 17.9 Å². The fraction of sp³-hybridized carbons (Fsp3) is 0.143. The molecule has 0 saturated carbocycles. The topological polar surface area (TPSA) is 42.0 Å². The maximum Gasteiger partial charge on any atom is 0.238 e. The van der Waals surface area contributed by atoms with E-state index < -0.39 is 0 Å². The summed E-state index contributed by atoms with van der Waals surface area (Å²) < 4.78 is 0. The number of thioether (sulfide) groups is 2. The number of aromatic nitrogens is 1. The molecular weight excluding hydrogens is 360 g/mol. The highest BCUT2D eigenvalue weighted by molar-refractivity contribution is 8.01. The molecule has 1 atom stereocenters. The Kier molecular flexibility index (Phi) is 5.27. The molecule has 0 aliphatic carbocycles. The fourth-order valence-electron chi connectivity index (χ4n) is 2.84. The van der Waals surface area contributed by atoms with Gasteiger partial charge in [-0.2, -0.15) is 0 Å². The average molecular weight is 379 g/mol. The molecule has 1 amide bonds. The third-order valence-electron chi connectivity index (χ3n) is 4.19. The van der Waals surface area contributed by atoms with Gasteiger partial charge in [0, 0.05) is 33.6 Å². The van der Waals surface area contributed by atoms with E-state index in [1.165, 1.54) is 20.9 Å². The highest BCUT2D eigenvalue weighted by atomic mass is 32.2. The van der Waals surface area contributed by atoms with Crippen LogP contribution in [0.4, 0.5) is 5.69 Å². The molecule has 1 aromatic heterocycles. The van der Waals surface area contributed by atoms with E-state index in [2.05, 4.69) is 28.5 Å². The van der Waals surface area contributed by atoms with Gasteiger partial charge in [0.25, 0.3) is 0 Å². The summed E-state index contributed by atoms with van der Waals surface area (Å²) in [6.07, 6.45) is 4.47. The Bertz CT molecular complexity index is 872. The van der Waals surface area contributed by atoms with Crippen molar-refractivity contribution in [2.45, 2.75) is 27.2 Å². The lowest BCUT2D eigenvalue weighted by Gasteiger charge is -2.10. The highest BCUT2D eigenvalue weighted by Crippen LogP contribution is 2.37. The van der Waals surface area contributed by atoms with Gasteiger partial charge in [-0.3, -0.25) is 9.78 Å². The standard InChI is InChI=1S/C21H18N2OS2/c24-21(20-12-16-5-1-2-6-19(16)26-20)23-17-7-9-18(10-8-17)25-14-15-4-3-11-22-13-15/h1-11,13,20H,12,14H2,(H,23,24). The number of amides is 1. The van der Waals surface area contributed by atoms with Crippen LogP contribution in [0.15, 0.2) is 82.8 Å². The molecule has 0 saturated heterocycles. The van der Waals surface area contributed by atoms with E-state index in [0.29, 0.717) is 0 Å².